The number of carbonyl (C=O) groups excluding carboxylic acids is 1. The fraction of sp³-hybridized carbons (Fsp3) is 0.381. The average molecular weight is 405 g/mol. The second-order valence-corrected chi connectivity index (χ2v) is 8.17. The number of rotatable bonds is 11. The second kappa shape index (κ2) is 10.7. The van der Waals surface area contributed by atoms with E-state index in [9.17, 15) is 13.2 Å². The van der Waals surface area contributed by atoms with E-state index in [0.717, 1.165) is 23.6 Å². The Morgan fingerprint density at radius 3 is 2.29 bits per heavy atom. The van der Waals surface area contributed by atoms with Crippen LogP contribution in [0.15, 0.2) is 59.5 Å². The molecule has 0 spiro atoms. The van der Waals surface area contributed by atoms with Crippen LogP contribution in [0.4, 0.5) is 5.69 Å². The van der Waals surface area contributed by atoms with Crippen molar-refractivity contribution < 1.29 is 17.9 Å². The number of anilines is 1. The van der Waals surface area contributed by atoms with Gasteiger partial charge in [-0.05, 0) is 49.7 Å². The number of benzene rings is 2. The van der Waals surface area contributed by atoms with Gasteiger partial charge in [-0.1, -0.05) is 38.0 Å². The molecule has 1 N–H and O–H groups in total. The van der Waals surface area contributed by atoms with E-state index >= 15 is 0 Å². The lowest BCUT2D eigenvalue weighted by molar-refractivity contribution is -0.119. The van der Waals surface area contributed by atoms with Gasteiger partial charge in [-0.15, -0.1) is 0 Å². The van der Waals surface area contributed by atoms with Crippen molar-refractivity contribution >= 4 is 21.6 Å². The van der Waals surface area contributed by atoms with Gasteiger partial charge in [-0.2, -0.15) is 0 Å². The highest BCUT2D eigenvalue weighted by molar-refractivity contribution is 7.92. The lowest BCUT2D eigenvalue weighted by Crippen LogP contribution is -2.41. The highest BCUT2D eigenvalue weighted by Crippen LogP contribution is 2.25. The fourth-order valence-electron chi connectivity index (χ4n) is 2.70. The number of sulfonamides is 1. The van der Waals surface area contributed by atoms with Crippen LogP contribution >= 0.6 is 0 Å². The van der Waals surface area contributed by atoms with Gasteiger partial charge in [0, 0.05) is 6.54 Å². The number of nitrogens with one attached hydrogen (secondary N) is 1. The molecule has 0 aliphatic carbocycles. The van der Waals surface area contributed by atoms with Gasteiger partial charge in [-0.25, -0.2) is 8.42 Å². The first-order valence-corrected chi connectivity index (χ1v) is 11.0. The van der Waals surface area contributed by atoms with Crippen LogP contribution in [0, 0.1) is 0 Å². The van der Waals surface area contributed by atoms with Crippen LogP contribution in [-0.2, 0) is 14.8 Å². The molecular formula is C21H28N2O4S. The third kappa shape index (κ3) is 5.99. The molecule has 6 nitrogen and oxygen atoms in total. The number of hydrogen-bond donors (Lipinski definition) is 1. The molecule has 0 fully saturated rings. The highest BCUT2D eigenvalue weighted by Gasteiger charge is 2.27. The normalized spacial score (nSPS) is 11.1. The molecule has 0 radical (unpaired) electrons. The maximum Gasteiger partial charge on any atom is 0.264 e. The molecule has 2 rings (SSSR count). The topological polar surface area (TPSA) is 75.7 Å². The molecule has 0 aliphatic rings. The van der Waals surface area contributed by atoms with E-state index < -0.39 is 10.0 Å². The van der Waals surface area contributed by atoms with Crippen molar-refractivity contribution in [3.05, 3.63) is 54.6 Å². The molecule has 0 aromatic heterocycles. The van der Waals surface area contributed by atoms with Crippen LogP contribution < -0.4 is 14.4 Å². The average Bonchev–Trinajstić information content (AvgIpc) is 2.71. The first-order chi connectivity index (χ1) is 13.5. The van der Waals surface area contributed by atoms with E-state index in [-0.39, 0.29) is 17.3 Å². The van der Waals surface area contributed by atoms with Gasteiger partial charge < -0.3 is 10.1 Å². The molecule has 0 atom stereocenters. The molecule has 152 valence electrons. The minimum absolute atomic E-state index is 0.141. The van der Waals surface area contributed by atoms with Gasteiger partial charge >= 0.3 is 0 Å². The van der Waals surface area contributed by atoms with Gasteiger partial charge in [0.2, 0.25) is 5.91 Å². The summed E-state index contributed by atoms with van der Waals surface area (Å²) in [5, 5.41) is 2.80. The summed E-state index contributed by atoms with van der Waals surface area (Å²) in [5.74, 6) is 0.317. The van der Waals surface area contributed by atoms with Gasteiger partial charge in [-0.3, -0.25) is 9.10 Å². The zero-order valence-corrected chi connectivity index (χ0v) is 17.2. The molecule has 2 aromatic carbocycles. The van der Waals surface area contributed by atoms with Crippen molar-refractivity contribution in [1.82, 2.24) is 5.32 Å². The van der Waals surface area contributed by atoms with Gasteiger partial charge in [0.15, 0.2) is 0 Å². The largest absolute Gasteiger partial charge is 0.494 e. The van der Waals surface area contributed by atoms with Crippen molar-refractivity contribution in [1.29, 1.82) is 0 Å². The maximum absolute atomic E-state index is 13.2. The number of carbonyl (C=O) groups is 1. The van der Waals surface area contributed by atoms with Crippen molar-refractivity contribution in [2.75, 3.05) is 24.0 Å². The summed E-state index contributed by atoms with van der Waals surface area (Å²) in [4.78, 5) is 12.5. The summed E-state index contributed by atoms with van der Waals surface area (Å²) in [5.41, 5.74) is 0.413. The van der Waals surface area contributed by atoms with Gasteiger partial charge in [0.05, 0.1) is 17.2 Å². The fourth-order valence-corrected chi connectivity index (χ4v) is 4.14. The highest BCUT2D eigenvalue weighted by atomic mass is 32.2. The molecule has 0 aliphatic heterocycles. The molecule has 0 unspecified atom stereocenters. The monoisotopic (exact) mass is 404 g/mol. The van der Waals surface area contributed by atoms with Crippen molar-refractivity contribution in [3.8, 4) is 5.75 Å². The van der Waals surface area contributed by atoms with Crippen molar-refractivity contribution in [2.45, 2.75) is 38.0 Å². The molecular weight excluding hydrogens is 376 g/mol. The Morgan fingerprint density at radius 1 is 1.00 bits per heavy atom. The van der Waals surface area contributed by atoms with E-state index in [1.165, 1.54) is 12.1 Å². The number of hydrogen-bond acceptors (Lipinski definition) is 4. The van der Waals surface area contributed by atoms with Crippen LogP contribution in [0.3, 0.4) is 0 Å². The summed E-state index contributed by atoms with van der Waals surface area (Å²) in [6.45, 7) is 4.74. The number of amides is 1. The molecule has 28 heavy (non-hydrogen) atoms. The summed E-state index contributed by atoms with van der Waals surface area (Å²) in [6, 6.07) is 14.8. The summed E-state index contributed by atoms with van der Waals surface area (Å²) in [6.07, 6.45) is 2.94. The Balaban J connectivity index is 2.26. The number of nitrogens with zero attached hydrogens (tertiary/aromatic N) is 1. The smallest absolute Gasteiger partial charge is 0.264 e. The van der Waals surface area contributed by atoms with Gasteiger partial charge in [0.25, 0.3) is 10.0 Å². The summed E-state index contributed by atoms with van der Waals surface area (Å²) < 4.78 is 32.9. The SMILES string of the molecule is CCCCCNC(=O)CN(c1ccc(OCC)cc1)S(=O)(=O)c1ccccc1. The zero-order valence-electron chi connectivity index (χ0n) is 16.4. The number of unbranched alkanes of at least 4 members (excludes halogenated alkanes) is 2. The molecule has 0 bridgehead atoms. The standard InChI is InChI=1S/C21H28N2O4S/c1-3-5-9-16-22-21(24)17-23(18-12-14-19(15-13-18)27-4-2)28(25,26)20-10-7-6-8-11-20/h6-8,10-15H,3-5,9,16-17H2,1-2H3,(H,22,24). The van der Waals surface area contributed by atoms with Crippen LogP contribution in [-0.4, -0.2) is 34.0 Å². The minimum Gasteiger partial charge on any atom is -0.494 e. The third-order valence-corrected chi connectivity index (χ3v) is 5.94. The van der Waals surface area contributed by atoms with Crippen LogP contribution in [0.2, 0.25) is 0 Å². The molecule has 0 saturated carbocycles. The molecule has 0 heterocycles. The zero-order chi connectivity index (χ0) is 20.4. The van der Waals surface area contributed by atoms with Crippen molar-refractivity contribution in [2.24, 2.45) is 0 Å². The van der Waals surface area contributed by atoms with Gasteiger partial charge in [0.1, 0.15) is 12.3 Å². The first kappa shape index (κ1) is 21.8. The lowest BCUT2D eigenvalue weighted by atomic mass is 10.2. The van der Waals surface area contributed by atoms with Crippen molar-refractivity contribution in [3.63, 3.8) is 0 Å². The Morgan fingerprint density at radius 2 is 1.68 bits per heavy atom. The van der Waals surface area contributed by atoms with Crippen LogP contribution in [0.25, 0.3) is 0 Å². The maximum atomic E-state index is 13.2. The summed E-state index contributed by atoms with van der Waals surface area (Å²) in [7, 11) is -3.88. The molecule has 0 saturated heterocycles. The van der Waals surface area contributed by atoms with E-state index in [1.807, 2.05) is 6.92 Å². The quantitative estimate of drug-likeness (QED) is 0.581. The first-order valence-electron chi connectivity index (χ1n) is 9.56. The van der Waals surface area contributed by atoms with Crippen LogP contribution in [0.5, 0.6) is 5.75 Å². The van der Waals surface area contributed by atoms with E-state index in [2.05, 4.69) is 12.2 Å². The Kier molecular flexibility index (Phi) is 8.32. The predicted molar refractivity (Wildman–Crippen MR) is 111 cm³/mol. The van der Waals surface area contributed by atoms with E-state index in [1.54, 1.807) is 42.5 Å². The van der Waals surface area contributed by atoms with Crippen LogP contribution in [0.1, 0.15) is 33.1 Å². The Labute approximate surface area is 167 Å². The Bertz CT molecular complexity index is 836. The second-order valence-electron chi connectivity index (χ2n) is 6.31. The number of ether oxygens (including phenoxy) is 1. The lowest BCUT2D eigenvalue weighted by Gasteiger charge is -2.24. The third-order valence-electron chi connectivity index (χ3n) is 4.16. The minimum atomic E-state index is -3.88. The molecule has 1 amide bonds. The predicted octanol–water partition coefficient (Wildman–Crippen LogP) is 3.59. The van der Waals surface area contributed by atoms with E-state index in [0.29, 0.717) is 24.6 Å². The molecule has 2 aromatic rings. The Hall–Kier alpha value is -2.54. The summed E-state index contributed by atoms with van der Waals surface area (Å²) >= 11 is 0. The molecule has 7 heteroatoms. The van der Waals surface area contributed by atoms with E-state index in [4.69, 9.17) is 4.74 Å².